The predicted octanol–water partition coefficient (Wildman–Crippen LogP) is 2.33. The molecular formula is C25H28N5O5+. The average Bonchev–Trinajstić information content (AvgIpc) is 3.53. The minimum absolute atomic E-state index is 0.0175. The molecular weight excluding hydrogens is 450 g/mol. The second-order valence-electron chi connectivity index (χ2n) is 8.32. The number of hydrogen-bond donors (Lipinski definition) is 3. The van der Waals surface area contributed by atoms with Gasteiger partial charge in [0.2, 0.25) is 6.33 Å². The number of Topliss-reactive ketones (excluding diaryl/α,β-unsaturated/α-hetero) is 1. The van der Waals surface area contributed by atoms with Gasteiger partial charge in [0.25, 0.3) is 11.7 Å². The first kappa shape index (κ1) is 23.9. The lowest BCUT2D eigenvalue weighted by Gasteiger charge is -2.25. The number of pyridine rings is 1. The van der Waals surface area contributed by atoms with Gasteiger partial charge >= 0.3 is 5.97 Å². The quantitative estimate of drug-likeness (QED) is 0.150. The summed E-state index contributed by atoms with van der Waals surface area (Å²) in [5.74, 6) is -2.32. The summed E-state index contributed by atoms with van der Waals surface area (Å²) in [6.07, 6.45) is 9.26. The molecule has 1 fully saturated rings. The number of amides is 1. The van der Waals surface area contributed by atoms with Crippen molar-refractivity contribution in [2.45, 2.75) is 39.8 Å². The van der Waals surface area contributed by atoms with Gasteiger partial charge in [-0.15, -0.1) is 0 Å². The fourth-order valence-electron chi connectivity index (χ4n) is 4.53. The molecule has 1 atom stereocenters. The van der Waals surface area contributed by atoms with Gasteiger partial charge in [-0.3, -0.25) is 19.6 Å². The first-order valence-corrected chi connectivity index (χ1v) is 11.4. The monoisotopic (exact) mass is 478 g/mol. The molecule has 10 nitrogen and oxygen atoms in total. The van der Waals surface area contributed by atoms with E-state index in [4.69, 9.17) is 4.74 Å². The molecule has 10 heteroatoms. The number of imidazole rings is 1. The third-order valence-corrected chi connectivity index (χ3v) is 6.13. The molecule has 1 unspecified atom stereocenters. The van der Waals surface area contributed by atoms with Crippen molar-refractivity contribution in [3.63, 3.8) is 0 Å². The number of likely N-dealkylation sites (tertiary alicyclic amines) is 1. The van der Waals surface area contributed by atoms with Gasteiger partial charge in [0, 0.05) is 36.6 Å². The molecule has 4 rings (SSSR count). The number of nitrogens with zero attached hydrogens (tertiary/aromatic N) is 3. The van der Waals surface area contributed by atoms with Crippen molar-refractivity contribution in [2.75, 3.05) is 13.2 Å². The van der Waals surface area contributed by atoms with Gasteiger partial charge in [0.05, 0.1) is 24.8 Å². The van der Waals surface area contributed by atoms with E-state index >= 15 is 0 Å². The van der Waals surface area contributed by atoms with E-state index in [1.54, 1.807) is 51.5 Å². The highest BCUT2D eigenvalue weighted by Gasteiger charge is 2.46. The van der Waals surface area contributed by atoms with Crippen LogP contribution in [0.1, 0.15) is 52.3 Å². The van der Waals surface area contributed by atoms with E-state index in [0.717, 1.165) is 0 Å². The van der Waals surface area contributed by atoms with E-state index in [-0.39, 0.29) is 23.6 Å². The van der Waals surface area contributed by atoms with Crippen LogP contribution in [0.25, 0.3) is 5.76 Å². The van der Waals surface area contributed by atoms with Crippen molar-refractivity contribution in [1.29, 1.82) is 0 Å². The zero-order valence-corrected chi connectivity index (χ0v) is 19.9. The topological polar surface area (TPSA) is 132 Å². The molecule has 182 valence electrons. The maximum atomic E-state index is 13.2. The smallest absolute Gasteiger partial charge is 0.355 e. The predicted molar refractivity (Wildman–Crippen MR) is 125 cm³/mol. The van der Waals surface area contributed by atoms with E-state index in [9.17, 15) is 19.5 Å². The second-order valence-corrected chi connectivity index (χ2v) is 8.32. The van der Waals surface area contributed by atoms with Crippen LogP contribution in [0.4, 0.5) is 0 Å². The minimum atomic E-state index is -0.783. The summed E-state index contributed by atoms with van der Waals surface area (Å²) < 4.78 is 7.04. The Labute approximate surface area is 202 Å². The standard InChI is InChI=1S/C25H27N5O5/c1-4-35-25(34)20-15(2)18(16(3)28-20)22(31)19-21(17-6-8-26-9-7-17)30(24(33)23(19)32)12-5-11-29-13-10-27-14-29/h6-10,13-14,21H,4-5,11-12H2,1-3H3,(H2,28,31,32,34)/p+1. The van der Waals surface area contributed by atoms with Crippen LogP contribution in [-0.2, 0) is 20.9 Å². The number of aromatic amines is 2. The molecule has 0 saturated carbocycles. The Bertz CT molecular complexity index is 1280. The minimum Gasteiger partial charge on any atom is -0.507 e. The van der Waals surface area contributed by atoms with Crippen LogP contribution >= 0.6 is 0 Å². The molecule has 1 aliphatic heterocycles. The molecule has 0 aliphatic carbocycles. The zero-order chi connectivity index (χ0) is 25.1. The first-order valence-electron chi connectivity index (χ1n) is 11.4. The second kappa shape index (κ2) is 9.96. The number of carbonyl (C=O) groups excluding carboxylic acids is 3. The maximum absolute atomic E-state index is 13.2. The lowest BCUT2D eigenvalue weighted by molar-refractivity contribution is -0.695. The Morgan fingerprint density at radius 1 is 1.26 bits per heavy atom. The molecule has 4 heterocycles. The summed E-state index contributed by atoms with van der Waals surface area (Å²) in [6.45, 7) is 6.22. The summed E-state index contributed by atoms with van der Waals surface area (Å²) in [5, 5.41) is 11.4. The van der Waals surface area contributed by atoms with Gasteiger partial charge in [-0.05, 0) is 44.0 Å². The van der Waals surface area contributed by atoms with Gasteiger partial charge in [-0.25, -0.2) is 9.36 Å². The summed E-state index contributed by atoms with van der Waals surface area (Å²) in [6, 6.07) is 2.66. The molecule has 0 bridgehead atoms. The number of ketones is 1. The first-order chi connectivity index (χ1) is 16.8. The summed E-state index contributed by atoms with van der Waals surface area (Å²) in [5.41, 5.74) is 2.09. The molecule has 35 heavy (non-hydrogen) atoms. The van der Waals surface area contributed by atoms with Crippen molar-refractivity contribution < 1.29 is 28.8 Å². The van der Waals surface area contributed by atoms with Crippen LogP contribution in [0, 0.1) is 13.8 Å². The number of H-pyrrole nitrogens is 2. The Kier molecular flexibility index (Phi) is 6.81. The lowest BCUT2D eigenvalue weighted by Crippen LogP contribution is -2.36. The van der Waals surface area contributed by atoms with Crippen LogP contribution in [0.3, 0.4) is 0 Å². The Hall–Kier alpha value is -4.21. The summed E-state index contributed by atoms with van der Waals surface area (Å²) >= 11 is 0. The fraction of sp³-hybridized carbons (Fsp3) is 0.320. The number of aliphatic hydroxyl groups is 1. The van der Waals surface area contributed by atoms with E-state index < -0.39 is 23.7 Å². The number of hydrogen-bond acceptors (Lipinski definition) is 6. The molecule has 0 radical (unpaired) electrons. The SMILES string of the molecule is CCOC(=O)c1[nH]c(C)c(C(O)=C2C(=O)C(=O)N(CCC[n+]3cc[nH]c3)C2c2ccncc2)c1C. The number of esters is 1. The van der Waals surface area contributed by atoms with Gasteiger partial charge in [0.1, 0.15) is 23.8 Å². The molecule has 1 saturated heterocycles. The molecule has 1 aliphatic rings. The molecule has 3 aromatic rings. The van der Waals surface area contributed by atoms with Crippen LogP contribution in [0.2, 0.25) is 0 Å². The summed E-state index contributed by atoms with van der Waals surface area (Å²) in [4.78, 5) is 50.2. The fourth-order valence-corrected chi connectivity index (χ4v) is 4.53. The number of aromatic nitrogens is 4. The van der Waals surface area contributed by atoms with Gasteiger partial charge in [-0.2, -0.15) is 0 Å². The maximum Gasteiger partial charge on any atom is 0.355 e. The molecule has 1 amide bonds. The van der Waals surface area contributed by atoms with Crippen LogP contribution in [-0.4, -0.2) is 55.8 Å². The van der Waals surface area contributed by atoms with E-state index in [0.29, 0.717) is 41.9 Å². The largest absolute Gasteiger partial charge is 0.507 e. The van der Waals surface area contributed by atoms with Gasteiger partial charge < -0.3 is 19.7 Å². The number of ether oxygens (including phenoxy) is 1. The average molecular weight is 479 g/mol. The Morgan fingerprint density at radius 2 is 2.00 bits per heavy atom. The van der Waals surface area contributed by atoms with E-state index in [1.807, 2.05) is 17.1 Å². The normalized spacial score (nSPS) is 17.2. The van der Waals surface area contributed by atoms with Crippen molar-refractivity contribution in [3.05, 3.63) is 76.9 Å². The molecule has 0 spiro atoms. The number of nitrogens with one attached hydrogen (secondary N) is 2. The Morgan fingerprint density at radius 3 is 2.66 bits per heavy atom. The van der Waals surface area contributed by atoms with E-state index in [2.05, 4.69) is 15.0 Å². The number of carbonyl (C=O) groups is 3. The van der Waals surface area contributed by atoms with Crippen LogP contribution in [0.15, 0.2) is 48.8 Å². The lowest BCUT2D eigenvalue weighted by atomic mass is 9.94. The number of aliphatic hydroxyl groups excluding tert-OH is 1. The molecule has 3 N–H and O–H groups in total. The van der Waals surface area contributed by atoms with Crippen molar-refractivity contribution in [1.82, 2.24) is 19.9 Å². The number of aryl methyl sites for hydroxylation is 2. The highest BCUT2D eigenvalue weighted by Crippen LogP contribution is 2.40. The van der Waals surface area contributed by atoms with Crippen molar-refractivity contribution in [3.8, 4) is 0 Å². The third kappa shape index (κ3) is 4.46. The van der Waals surface area contributed by atoms with Gasteiger partial charge in [-0.1, -0.05) is 0 Å². The number of rotatable bonds is 8. The molecule has 0 aromatic carbocycles. The third-order valence-electron chi connectivity index (χ3n) is 6.13. The zero-order valence-electron chi connectivity index (χ0n) is 19.9. The highest BCUT2D eigenvalue weighted by molar-refractivity contribution is 6.46. The van der Waals surface area contributed by atoms with E-state index in [1.165, 1.54) is 4.90 Å². The van der Waals surface area contributed by atoms with Crippen molar-refractivity contribution in [2.24, 2.45) is 0 Å². The van der Waals surface area contributed by atoms with Crippen LogP contribution in [0.5, 0.6) is 0 Å². The Balaban J connectivity index is 1.77. The van der Waals surface area contributed by atoms with Crippen molar-refractivity contribution >= 4 is 23.4 Å². The highest BCUT2D eigenvalue weighted by atomic mass is 16.5. The van der Waals surface area contributed by atoms with Crippen LogP contribution < -0.4 is 4.57 Å². The molecule has 3 aromatic heterocycles. The van der Waals surface area contributed by atoms with Gasteiger partial charge in [0.15, 0.2) is 0 Å². The summed E-state index contributed by atoms with van der Waals surface area (Å²) in [7, 11) is 0.